The van der Waals surface area contributed by atoms with Crippen LogP contribution in [0.15, 0.2) is 46.9 Å². The van der Waals surface area contributed by atoms with Crippen LogP contribution in [0.4, 0.5) is 20.3 Å². The smallest absolute Gasteiger partial charge is 0.293 e. The molecule has 6 nitrogen and oxygen atoms in total. The fourth-order valence-corrected chi connectivity index (χ4v) is 3.95. The first-order chi connectivity index (χ1) is 15.1. The van der Waals surface area contributed by atoms with Crippen molar-refractivity contribution in [2.75, 3.05) is 23.3 Å². The number of nitrogens with one attached hydrogen (secondary N) is 1. The molecule has 3 heterocycles. The summed E-state index contributed by atoms with van der Waals surface area (Å²) in [5, 5.41) is 3.15. The van der Waals surface area contributed by atoms with Gasteiger partial charge in [-0.05, 0) is 37.1 Å². The molecular formula is C23H20F2N4O2. The number of rotatable bonds is 3. The minimum Gasteiger partial charge on any atom is -0.450 e. The van der Waals surface area contributed by atoms with Gasteiger partial charge in [-0.25, -0.2) is 18.7 Å². The van der Waals surface area contributed by atoms with Crippen molar-refractivity contribution in [2.24, 2.45) is 0 Å². The normalized spacial score (nSPS) is 14.7. The zero-order valence-corrected chi connectivity index (χ0v) is 16.7. The molecule has 1 fully saturated rings. The van der Waals surface area contributed by atoms with Crippen molar-refractivity contribution in [3.63, 3.8) is 0 Å². The Morgan fingerprint density at radius 1 is 1.00 bits per heavy atom. The van der Waals surface area contributed by atoms with Gasteiger partial charge in [-0.2, -0.15) is 0 Å². The van der Waals surface area contributed by atoms with E-state index in [9.17, 15) is 13.6 Å². The molecule has 1 N–H and O–H groups in total. The average molecular weight is 422 g/mol. The number of anilines is 2. The number of benzene rings is 2. The Hall–Kier alpha value is -3.55. The van der Waals surface area contributed by atoms with Crippen LogP contribution in [0, 0.1) is 11.6 Å². The molecule has 0 radical (unpaired) electrons. The second kappa shape index (κ2) is 7.94. The van der Waals surface area contributed by atoms with Crippen LogP contribution in [-0.2, 0) is 0 Å². The van der Waals surface area contributed by atoms with Gasteiger partial charge in [-0.1, -0.05) is 25.0 Å². The largest absolute Gasteiger partial charge is 0.450 e. The first-order valence-corrected chi connectivity index (χ1v) is 10.3. The van der Waals surface area contributed by atoms with Crippen molar-refractivity contribution in [1.29, 1.82) is 0 Å². The Morgan fingerprint density at radius 3 is 2.58 bits per heavy atom. The monoisotopic (exact) mass is 422 g/mol. The molecule has 0 unspecified atom stereocenters. The number of furan rings is 1. The van der Waals surface area contributed by atoms with E-state index in [1.165, 1.54) is 0 Å². The number of aromatic nitrogens is 2. The van der Waals surface area contributed by atoms with Crippen molar-refractivity contribution in [1.82, 2.24) is 9.97 Å². The summed E-state index contributed by atoms with van der Waals surface area (Å²) in [5.74, 6) is -1.68. The van der Waals surface area contributed by atoms with Crippen molar-refractivity contribution in [3.8, 4) is 0 Å². The van der Waals surface area contributed by atoms with E-state index < -0.39 is 17.5 Å². The molecule has 1 saturated heterocycles. The van der Waals surface area contributed by atoms with Crippen LogP contribution in [0.1, 0.15) is 36.3 Å². The zero-order chi connectivity index (χ0) is 21.4. The van der Waals surface area contributed by atoms with Gasteiger partial charge in [-0.3, -0.25) is 4.79 Å². The fraction of sp³-hybridized carbons (Fsp3) is 0.261. The number of nitrogens with zero attached hydrogens (tertiary/aromatic N) is 3. The summed E-state index contributed by atoms with van der Waals surface area (Å²) in [6, 6.07) is 10.3. The maximum Gasteiger partial charge on any atom is 0.293 e. The highest BCUT2D eigenvalue weighted by atomic mass is 19.1. The topological polar surface area (TPSA) is 71.3 Å². The lowest BCUT2D eigenvalue weighted by Crippen LogP contribution is -2.27. The molecule has 4 aromatic rings. The van der Waals surface area contributed by atoms with E-state index in [0.29, 0.717) is 22.5 Å². The second-order valence-electron chi connectivity index (χ2n) is 7.63. The average Bonchev–Trinajstić information content (AvgIpc) is 2.94. The van der Waals surface area contributed by atoms with Crippen LogP contribution in [-0.4, -0.2) is 29.0 Å². The first-order valence-electron chi connectivity index (χ1n) is 10.3. The Labute approximate surface area is 176 Å². The van der Waals surface area contributed by atoms with Gasteiger partial charge in [0.2, 0.25) is 5.82 Å². The van der Waals surface area contributed by atoms with Gasteiger partial charge in [-0.15, -0.1) is 0 Å². The zero-order valence-electron chi connectivity index (χ0n) is 16.7. The summed E-state index contributed by atoms with van der Waals surface area (Å²) in [6.07, 6.45) is 4.30. The second-order valence-corrected chi connectivity index (χ2v) is 7.63. The number of amides is 1. The molecule has 31 heavy (non-hydrogen) atoms. The van der Waals surface area contributed by atoms with Crippen LogP contribution in [0.3, 0.4) is 0 Å². The molecular weight excluding hydrogens is 402 g/mol. The summed E-state index contributed by atoms with van der Waals surface area (Å²) < 4.78 is 33.6. The first kappa shape index (κ1) is 19.4. The molecule has 158 valence electrons. The maximum atomic E-state index is 14.0. The van der Waals surface area contributed by atoms with Gasteiger partial charge in [0.1, 0.15) is 22.7 Å². The maximum absolute atomic E-state index is 14.0. The molecule has 0 spiro atoms. The van der Waals surface area contributed by atoms with Crippen LogP contribution in [0.2, 0.25) is 0 Å². The number of hydrogen-bond acceptors (Lipinski definition) is 5. The summed E-state index contributed by atoms with van der Waals surface area (Å²) in [7, 11) is 0. The number of carbonyl (C=O) groups excluding carboxylic acids is 1. The van der Waals surface area contributed by atoms with Gasteiger partial charge in [0, 0.05) is 24.5 Å². The predicted octanol–water partition coefficient (Wildman–Crippen LogP) is 5.29. The Bertz CT molecular complexity index is 1280. The van der Waals surface area contributed by atoms with Crippen LogP contribution in [0.25, 0.3) is 22.1 Å². The van der Waals surface area contributed by atoms with E-state index in [1.54, 1.807) is 0 Å². The predicted molar refractivity (Wildman–Crippen MR) is 114 cm³/mol. The molecule has 0 aliphatic carbocycles. The summed E-state index contributed by atoms with van der Waals surface area (Å²) in [5.41, 5.74) is 1.44. The molecule has 0 bridgehead atoms. The van der Waals surface area contributed by atoms with Gasteiger partial charge in [0.25, 0.3) is 5.91 Å². The van der Waals surface area contributed by atoms with Gasteiger partial charge in [0.05, 0.1) is 5.69 Å². The third-order valence-corrected chi connectivity index (χ3v) is 5.49. The Kier molecular flexibility index (Phi) is 4.97. The lowest BCUT2D eigenvalue weighted by Gasteiger charge is -2.21. The van der Waals surface area contributed by atoms with Crippen molar-refractivity contribution >= 4 is 39.5 Å². The lowest BCUT2D eigenvalue weighted by atomic mass is 10.2. The molecule has 1 amide bonds. The molecule has 0 saturated carbocycles. The Morgan fingerprint density at radius 2 is 1.77 bits per heavy atom. The van der Waals surface area contributed by atoms with E-state index in [1.807, 2.05) is 24.3 Å². The molecule has 8 heteroatoms. The highest BCUT2D eigenvalue weighted by molar-refractivity contribution is 6.09. The van der Waals surface area contributed by atoms with Gasteiger partial charge in [0.15, 0.2) is 11.4 Å². The van der Waals surface area contributed by atoms with E-state index in [0.717, 1.165) is 62.4 Å². The number of fused-ring (bicyclic) bond motifs is 3. The highest BCUT2D eigenvalue weighted by Gasteiger charge is 2.24. The van der Waals surface area contributed by atoms with Crippen molar-refractivity contribution in [2.45, 2.75) is 25.7 Å². The molecule has 0 atom stereocenters. The SMILES string of the molecule is O=C(Nc1cc(F)ccc1F)c1nc(N2CCCCCC2)c2oc3ccccc3c2n1. The minimum absolute atomic E-state index is 0.123. The fourth-order valence-electron chi connectivity index (χ4n) is 3.95. The van der Waals surface area contributed by atoms with E-state index >= 15 is 0 Å². The Balaban J connectivity index is 1.63. The molecule has 1 aliphatic rings. The highest BCUT2D eigenvalue weighted by Crippen LogP contribution is 2.34. The van der Waals surface area contributed by atoms with E-state index in [4.69, 9.17) is 4.42 Å². The molecule has 5 rings (SSSR count). The van der Waals surface area contributed by atoms with Gasteiger partial charge < -0.3 is 14.6 Å². The van der Waals surface area contributed by atoms with Crippen LogP contribution >= 0.6 is 0 Å². The van der Waals surface area contributed by atoms with E-state index in [-0.39, 0.29) is 11.5 Å². The van der Waals surface area contributed by atoms with Crippen LogP contribution < -0.4 is 10.2 Å². The van der Waals surface area contributed by atoms with Gasteiger partial charge >= 0.3 is 0 Å². The van der Waals surface area contributed by atoms with E-state index in [2.05, 4.69) is 20.2 Å². The summed E-state index contributed by atoms with van der Waals surface area (Å²) >= 11 is 0. The number of halogens is 2. The number of para-hydroxylation sites is 1. The molecule has 2 aromatic heterocycles. The summed E-state index contributed by atoms with van der Waals surface area (Å²) in [6.45, 7) is 1.59. The number of hydrogen-bond donors (Lipinski definition) is 1. The molecule has 2 aromatic carbocycles. The number of carbonyl (C=O) groups is 1. The van der Waals surface area contributed by atoms with Crippen LogP contribution in [0.5, 0.6) is 0 Å². The quantitative estimate of drug-likeness (QED) is 0.486. The minimum atomic E-state index is -0.739. The standard InChI is InChI=1S/C23H20F2N4O2/c24-14-9-10-16(25)17(13-14)26-23(30)21-27-19-15-7-3-4-8-18(15)31-20(19)22(28-21)29-11-5-1-2-6-12-29/h3-4,7-10,13H,1-2,5-6,11-12H2,(H,26,30). The van der Waals surface area contributed by atoms with Crippen molar-refractivity contribution < 1.29 is 18.0 Å². The lowest BCUT2D eigenvalue weighted by molar-refractivity contribution is 0.101. The molecule has 1 aliphatic heterocycles. The third-order valence-electron chi connectivity index (χ3n) is 5.49. The summed E-state index contributed by atoms with van der Waals surface area (Å²) in [4.78, 5) is 24.0. The third kappa shape index (κ3) is 3.69. The van der Waals surface area contributed by atoms with Crippen molar-refractivity contribution in [3.05, 3.63) is 59.9 Å².